The maximum absolute atomic E-state index is 13.7. The first-order valence-corrected chi connectivity index (χ1v) is 10.7. The topological polar surface area (TPSA) is 52.1 Å². The summed E-state index contributed by atoms with van der Waals surface area (Å²) in [6.07, 6.45) is -0.662. The van der Waals surface area contributed by atoms with Crippen LogP contribution in [0.15, 0.2) is 23.2 Å². The highest BCUT2D eigenvalue weighted by Crippen LogP contribution is 2.35. The number of hydrogen-bond donors (Lipinski definition) is 2. The van der Waals surface area contributed by atoms with Gasteiger partial charge in [0.1, 0.15) is 0 Å². The molecule has 0 aromatic heterocycles. The summed E-state index contributed by atoms with van der Waals surface area (Å²) in [7, 11) is 1.63. The lowest BCUT2D eigenvalue weighted by Crippen LogP contribution is -2.42. The van der Waals surface area contributed by atoms with Crippen LogP contribution in [-0.4, -0.2) is 70.4 Å². The maximum atomic E-state index is 13.7. The molecule has 176 valence electrons. The van der Waals surface area contributed by atoms with Gasteiger partial charge in [0, 0.05) is 45.5 Å². The molecule has 10 heteroatoms. The van der Waals surface area contributed by atoms with E-state index in [2.05, 4.69) is 20.5 Å². The van der Waals surface area contributed by atoms with Crippen molar-refractivity contribution in [1.82, 2.24) is 15.5 Å². The van der Waals surface area contributed by atoms with E-state index >= 15 is 0 Å². The molecule has 0 amide bonds. The Kier molecular flexibility index (Phi) is 10.6. The molecule has 2 aliphatic heterocycles. The molecule has 2 fully saturated rings. The molecular formula is C21H33F3IN5O. The summed E-state index contributed by atoms with van der Waals surface area (Å²) in [6.45, 7) is 6.15. The zero-order valence-electron chi connectivity index (χ0n) is 18.0. The van der Waals surface area contributed by atoms with E-state index in [-0.39, 0.29) is 36.1 Å². The van der Waals surface area contributed by atoms with Crippen molar-refractivity contribution in [2.75, 3.05) is 64.4 Å². The Labute approximate surface area is 199 Å². The van der Waals surface area contributed by atoms with E-state index in [4.69, 9.17) is 4.74 Å². The molecule has 0 saturated carbocycles. The van der Waals surface area contributed by atoms with Gasteiger partial charge in [0.15, 0.2) is 5.96 Å². The number of aliphatic imine (C=N–C) groups is 1. The monoisotopic (exact) mass is 555 g/mol. The van der Waals surface area contributed by atoms with Gasteiger partial charge in [0.05, 0.1) is 18.8 Å². The van der Waals surface area contributed by atoms with Crippen LogP contribution in [0.5, 0.6) is 0 Å². The van der Waals surface area contributed by atoms with Crippen molar-refractivity contribution in [3.8, 4) is 0 Å². The molecule has 0 bridgehead atoms. The molecule has 2 heterocycles. The summed E-state index contributed by atoms with van der Waals surface area (Å²) in [4.78, 5) is 8.47. The summed E-state index contributed by atoms with van der Waals surface area (Å²) >= 11 is 0. The first-order chi connectivity index (χ1) is 14.5. The molecule has 6 nitrogen and oxygen atoms in total. The van der Waals surface area contributed by atoms with Crippen LogP contribution >= 0.6 is 24.0 Å². The number of nitrogens with one attached hydrogen (secondary N) is 2. The lowest BCUT2D eigenvalue weighted by molar-refractivity contribution is -0.138. The van der Waals surface area contributed by atoms with Crippen LogP contribution in [0.4, 0.5) is 18.9 Å². The van der Waals surface area contributed by atoms with Crippen LogP contribution in [-0.2, 0) is 17.5 Å². The van der Waals surface area contributed by atoms with Crippen molar-refractivity contribution in [1.29, 1.82) is 0 Å². The maximum Gasteiger partial charge on any atom is 0.416 e. The molecule has 31 heavy (non-hydrogen) atoms. The summed E-state index contributed by atoms with van der Waals surface area (Å²) in [5.74, 6) is 0.511. The van der Waals surface area contributed by atoms with Gasteiger partial charge in [0.25, 0.3) is 0 Å². The summed E-state index contributed by atoms with van der Waals surface area (Å²) in [6, 6.07) is 4.56. The second kappa shape index (κ2) is 12.7. The van der Waals surface area contributed by atoms with Gasteiger partial charge in [-0.05, 0) is 43.6 Å². The van der Waals surface area contributed by atoms with Crippen LogP contribution in [0.25, 0.3) is 0 Å². The molecule has 2 N–H and O–H groups in total. The van der Waals surface area contributed by atoms with Gasteiger partial charge in [0.2, 0.25) is 0 Å². The van der Waals surface area contributed by atoms with E-state index in [1.165, 1.54) is 25.3 Å². The van der Waals surface area contributed by atoms with E-state index in [9.17, 15) is 13.2 Å². The van der Waals surface area contributed by atoms with E-state index in [0.717, 1.165) is 19.6 Å². The Balaban J connectivity index is 0.00000341. The number of ether oxygens (including phenoxy) is 1. The van der Waals surface area contributed by atoms with Crippen LogP contribution in [0.3, 0.4) is 0 Å². The Morgan fingerprint density at radius 3 is 2.42 bits per heavy atom. The number of rotatable bonds is 6. The van der Waals surface area contributed by atoms with E-state index in [1.54, 1.807) is 19.2 Å². The molecule has 2 aliphatic rings. The minimum absolute atomic E-state index is 0. The fraction of sp³-hybridized carbons (Fsp3) is 0.667. The number of morpholine rings is 1. The van der Waals surface area contributed by atoms with Gasteiger partial charge in [-0.25, -0.2) is 0 Å². The Morgan fingerprint density at radius 2 is 1.77 bits per heavy atom. The zero-order valence-corrected chi connectivity index (χ0v) is 20.3. The molecule has 1 aromatic carbocycles. The smallest absolute Gasteiger partial charge is 0.378 e. The average Bonchev–Trinajstić information content (AvgIpc) is 2.76. The Bertz CT molecular complexity index is 705. The second-order valence-corrected chi connectivity index (χ2v) is 7.69. The fourth-order valence-corrected chi connectivity index (χ4v) is 3.92. The molecule has 0 unspecified atom stereocenters. The van der Waals surface area contributed by atoms with Crippen molar-refractivity contribution in [3.63, 3.8) is 0 Å². The van der Waals surface area contributed by atoms with Crippen molar-refractivity contribution >= 4 is 35.6 Å². The molecule has 2 saturated heterocycles. The zero-order chi connectivity index (χ0) is 21.4. The van der Waals surface area contributed by atoms with Crippen LogP contribution in [0.1, 0.15) is 30.4 Å². The van der Waals surface area contributed by atoms with E-state index in [1.807, 2.05) is 4.90 Å². The number of hydrogen-bond acceptors (Lipinski definition) is 4. The highest BCUT2D eigenvalue weighted by molar-refractivity contribution is 14.0. The number of benzene rings is 1. The molecule has 0 radical (unpaired) electrons. The molecule has 0 atom stereocenters. The van der Waals surface area contributed by atoms with Crippen LogP contribution in [0.2, 0.25) is 0 Å². The first-order valence-electron chi connectivity index (χ1n) is 10.7. The second-order valence-electron chi connectivity index (χ2n) is 7.69. The number of anilines is 1. The largest absolute Gasteiger partial charge is 0.416 e. The standard InChI is InChI=1S/C21H32F3N5O.HI/c1-25-20(26-7-10-28-8-3-2-4-9-28)27-16-17-5-6-18(15-19(17)21(22,23)24)29-11-13-30-14-12-29;/h5-6,15H,2-4,7-14,16H2,1H3,(H2,25,26,27);1H. The van der Waals surface area contributed by atoms with E-state index in [0.29, 0.717) is 44.5 Å². The number of nitrogens with zero attached hydrogens (tertiary/aromatic N) is 3. The first kappa shape index (κ1) is 26.0. The third-order valence-electron chi connectivity index (χ3n) is 5.61. The lowest BCUT2D eigenvalue weighted by atomic mass is 10.0. The van der Waals surface area contributed by atoms with Crippen molar-refractivity contribution in [3.05, 3.63) is 29.3 Å². The predicted molar refractivity (Wildman–Crippen MR) is 128 cm³/mol. The number of alkyl halides is 3. The summed E-state index contributed by atoms with van der Waals surface area (Å²) in [5.41, 5.74) is 0.180. The predicted octanol–water partition coefficient (Wildman–Crippen LogP) is 3.31. The van der Waals surface area contributed by atoms with Crippen molar-refractivity contribution in [2.24, 2.45) is 4.99 Å². The number of piperidine rings is 1. The highest BCUT2D eigenvalue weighted by atomic mass is 127. The normalized spacial score (nSPS) is 18.5. The minimum Gasteiger partial charge on any atom is -0.378 e. The summed E-state index contributed by atoms with van der Waals surface area (Å²) in [5, 5.41) is 6.22. The van der Waals surface area contributed by atoms with E-state index < -0.39 is 11.7 Å². The lowest BCUT2D eigenvalue weighted by Gasteiger charge is -2.30. The van der Waals surface area contributed by atoms with Gasteiger partial charge >= 0.3 is 6.18 Å². The third kappa shape index (κ3) is 7.98. The van der Waals surface area contributed by atoms with Gasteiger partial charge in [-0.15, -0.1) is 24.0 Å². The highest BCUT2D eigenvalue weighted by Gasteiger charge is 2.34. The van der Waals surface area contributed by atoms with Gasteiger partial charge < -0.3 is 25.2 Å². The number of halogens is 4. The molecule has 0 aliphatic carbocycles. The van der Waals surface area contributed by atoms with Crippen molar-refractivity contribution < 1.29 is 17.9 Å². The van der Waals surface area contributed by atoms with Crippen LogP contribution < -0.4 is 15.5 Å². The third-order valence-corrected chi connectivity index (χ3v) is 5.61. The average molecular weight is 555 g/mol. The fourth-order valence-electron chi connectivity index (χ4n) is 3.92. The van der Waals surface area contributed by atoms with Crippen molar-refractivity contribution in [2.45, 2.75) is 32.0 Å². The number of likely N-dealkylation sites (tertiary alicyclic amines) is 1. The Morgan fingerprint density at radius 1 is 1.06 bits per heavy atom. The van der Waals surface area contributed by atoms with Gasteiger partial charge in [-0.1, -0.05) is 12.5 Å². The molecule has 0 spiro atoms. The SMILES string of the molecule is CN=C(NCCN1CCCCC1)NCc1ccc(N2CCOCC2)cc1C(F)(F)F.I. The molecule has 1 aromatic rings. The minimum atomic E-state index is -4.41. The molecule has 3 rings (SSSR count). The molecular weight excluding hydrogens is 522 g/mol. The van der Waals surface area contributed by atoms with Gasteiger partial charge in [-0.3, -0.25) is 4.99 Å². The quantitative estimate of drug-likeness (QED) is 0.321. The Hall–Kier alpha value is -1.27. The summed E-state index contributed by atoms with van der Waals surface area (Å²) < 4.78 is 46.4. The number of guanidine groups is 1. The van der Waals surface area contributed by atoms with Crippen LogP contribution in [0, 0.1) is 0 Å². The van der Waals surface area contributed by atoms with Gasteiger partial charge in [-0.2, -0.15) is 13.2 Å².